The SMILES string of the molecule is CCC(C)c1ccc(S(=O)(=O)N2CCN(C(=O)C3(c4cccc(F)c4)CCOCC3)CC2)cc1. The quantitative estimate of drug-likeness (QED) is 0.618. The van der Waals surface area contributed by atoms with E-state index in [1.165, 1.54) is 16.4 Å². The average Bonchev–Trinajstić information content (AvgIpc) is 2.88. The number of carbonyl (C=O) groups excluding carboxylic acids is 1. The van der Waals surface area contributed by atoms with Crippen LogP contribution in [0.5, 0.6) is 0 Å². The summed E-state index contributed by atoms with van der Waals surface area (Å²) in [4.78, 5) is 15.7. The molecule has 2 heterocycles. The third kappa shape index (κ3) is 4.76. The number of rotatable bonds is 6. The highest BCUT2D eigenvalue weighted by Crippen LogP contribution is 2.37. The molecule has 1 unspecified atom stereocenters. The molecular formula is C26H33FN2O4S. The van der Waals surface area contributed by atoms with Crippen LogP contribution in [0.1, 0.15) is 50.2 Å². The summed E-state index contributed by atoms with van der Waals surface area (Å²) in [5.74, 6) is -0.0651. The Hall–Kier alpha value is -2.29. The minimum atomic E-state index is -3.63. The first-order valence-corrected chi connectivity index (χ1v) is 13.5. The van der Waals surface area contributed by atoms with Gasteiger partial charge in [-0.15, -0.1) is 0 Å². The lowest BCUT2D eigenvalue weighted by molar-refractivity contribution is -0.142. The van der Waals surface area contributed by atoms with Crippen molar-refractivity contribution in [3.8, 4) is 0 Å². The Morgan fingerprint density at radius 1 is 1.06 bits per heavy atom. The second-order valence-electron chi connectivity index (χ2n) is 9.28. The summed E-state index contributed by atoms with van der Waals surface area (Å²) in [6.07, 6.45) is 1.96. The predicted molar refractivity (Wildman–Crippen MR) is 129 cm³/mol. The fraction of sp³-hybridized carbons (Fsp3) is 0.500. The molecule has 2 aromatic rings. The Morgan fingerprint density at radius 3 is 2.29 bits per heavy atom. The predicted octanol–water partition coefficient (Wildman–Crippen LogP) is 3.92. The number of sulfonamides is 1. The zero-order valence-corrected chi connectivity index (χ0v) is 20.7. The maximum absolute atomic E-state index is 14.0. The topological polar surface area (TPSA) is 66.9 Å². The van der Waals surface area contributed by atoms with Crippen LogP contribution in [0, 0.1) is 5.82 Å². The molecule has 2 aliphatic rings. The molecule has 2 aromatic carbocycles. The van der Waals surface area contributed by atoms with Gasteiger partial charge in [-0.2, -0.15) is 4.31 Å². The van der Waals surface area contributed by atoms with Gasteiger partial charge in [-0.05, 0) is 60.6 Å². The lowest BCUT2D eigenvalue weighted by Gasteiger charge is -2.42. The number of nitrogens with zero attached hydrogens (tertiary/aromatic N) is 2. The summed E-state index contributed by atoms with van der Waals surface area (Å²) in [5, 5.41) is 0. The van der Waals surface area contributed by atoms with Gasteiger partial charge >= 0.3 is 0 Å². The van der Waals surface area contributed by atoms with E-state index in [4.69, 9.17) is 4.74 Å². The first kappa shape index (κ1) is 24.8. The van der Waals surface area contributed by atoms with Crippen LogP contribution in [0.3, 0.4) is 0 Å². The van der Waals surface area contributed by atoms with E-state index < -0.39 is 15.4 Å². The first-order valence-electron chi connectivity index (χ1n) is 12.0. The van der Waals surface area contributed by atoms with Crippen molar-refractivity contribution in [1.82, 2.24) is 9.21 Å². The highest BCUT2D eigenvalue weighted by Gasteiger charge is 2.45. The molecule has 1 amide bonds. The van der Waals surface area contributed by atoms with E-state index in [1.54, 1.807) is 29.2 Å². The van der Waals surface area contributed by atoms with Crippen LogP contribution in [-0.2, 0) is 25.0 Å². The van der Waals surface area contributed by atoms with Crippen LogP contribution in [0.15, 0.2) is 53.4 Å². The Bertz CT molecular complexity index is 1110. The summed E-state index contributed by atoms with van der Waals surface area (Å²) in [5.41, 5.74) is 0.945. The van der Waals surface area contributed by atoms with Gasteiger partial charge in [0.25, 0.3) is 0 Å². The lowest BCUT2D eigenvalue weighted by Crippen LogP contribution is -2.56. The van der Waals surface area contributed by atoms with Gasteiger partial charge in [0.05, 0.1) is 10.3 Å². The third-order valence-corrected chi connectivity index (χ3v) is 9.27. The zero-order valence-electron chi connectivity index (χ0n) is 19.9. The average molecular weight is 489 g/mol. The van der Waals surface area contributed by atoms with Crippen molar-refractivity contribution in [1.29, 1.82) is 0 Å². The highest BCUT2D eigenvalue weighted by molar-refractivity contribution is 7.89. The maximum Gasteiger partial charge on any atom is 0.243 e. The Morgan fingerprint density at radius 2 is 1.71 bits per heavy atom. The molecule has 0 aromatic heterocycles. The Kier molecular flexibility index (Phi) is 7.40. The maximum atomic E-state index is 14.0. The molecule has 0 radical (unpaired) electrons. The third-order valence-electron chi connectivity index (χ3n) is 7.36. The number of amides is 1. The Balaban J connectivity index is 1.48. The van der Waals surface area contributed by atoms with Gasteiger partial charge in [0.1, 0.15) is 5.82 Å². The zero-order chi connectivity index (χ0) is 24.3. The van der Waals surface area contributed by atoms with Gasteiger partial charge in [-0.1, -0.05) is 38.1 Å². The monoisotopic (exact) mass is 488 g/mol. The fourth-order valence-electron chi connectivity index (χ4n) is 4.92. The molecule has 2 aliphatic heterocycles. The second-order valence-corrected chi connectivity index (χ2v) is 11.2. The van der Waals surface area contributed by atoms with E-state index in [9.17, 15) is 17.6 Å². The van der Waals surface area contributed by atoms with Gasteiger partial charge in [0.2, 0.25) is 15.9 Å². The summed E-state index contributed by atoms with van der Waals surface area (Å²) >= 11 is 0. The summed E-state index contributed by atoms with van der Waals surface area (Å²) < 4.78 is 47.4. The molecule has 8 heteroatoms. The van der Waals surface area contributed by atoms with Crippen molar-refractivity contribution in [2.75, 3.05) is 39.4 Å². The van der Waals surface area contributed by atoms with Crippen LogP contribution in [0.25, 0.3) is 0 Å². The number of carbonyl (C=O) groups is 1. The van der Waals surface area contributed by atoms with Crippen molar-refractivity contribution in [2.45, 2.75) is 49.3 Å². The molecule has 2 fully saturated rings. The minimum Gasteiger partial charge on any atom is -0.381 e. The molecule has 4 rings (SSSR count). The van der Waals surface area contributed by atoms with Crippen molar-refractivity contribution >= 4 is 15.9 Å². The molecule has 0 aliphatic carbocycles. The van der Waals surface area contributed by atoms with Crippen molar-refractivity contribution in [3.63, 3.8) is 0 Å². The van der Waals surface area contributed by atoms with E-state index in [0.717, 1.165) is 12.0 Å². The van der Waals surface area contributed by atoms with E-state index in [2.05, 4.69) is 13.8 Å². The molecule has 184 valence electrons. The molecular weight excluding hydrogens is 455 g/mol. The standard InChI is InChI=1S/C26H33FN2O4S/c1-3-20(2)21-7-9-24(10-8-21)34(31,32)29-15-13-28(14-16-29)25(30)26(11-17-33-18-12-26)22-5-4-6-23(27)19-22/h4-10,19-20H,3,11-18H2,1-2H3. The van der Waals surface area contributed by atoms with Gasteiger partial charge in [-0.3, -0.25) is 4.79 Å². The highest BCUT2D eigenvalue weighted by atomic mass is 32.2. The van der Waals surface area contributed by atoms with Gasteiger partial charge in [0, 0.05) is 39.4 Å². The molecule has 34 heavy (non-hydrogen) atoms. The molecule has 0 N–H and O–H groups in total. The van der Waals surface area contributed by atoms with Crippen LogP contribution < -0.4 is 0 Å². The second kappa shape index (κ2) is 10.1. The number of halogens is 1. The molecule has 0 saturated carbocycles. The molecule has 1 atom stereocenters. The molecule has 0 bridgehead atoms. The number of ether oxygens (including phenoxy) is 1. The molecule has 6 nitrogen and oxygen atoms in total. The number of piperazine rings is 1. The number of hydrogen-bond donors (Lipinski definition) is 0. The van der Waals surface area contributed by atoms with Gasteiger partial charge in [0.15, 0.2) is 0 Å². The van der Waals surface area contributed by atoms with Gasteiger partial charge in [-0.25, -0.2) is 12.8 Å². The lowest BCUT2D eigenvalue weighted by atomic mass is 9.73. The minimum absolute atomic E-state index is 0.0728. The van der Waals surface area contributed by atoms with Crippen molar-refractivity contribution in [3.05, 3.63) is 65.5 Å². The summed E-state index contributed by atoms with van der Waals surface area (Å²) in [6.45, 7) is 6.17. The van der Waals surface area contributed by atoms with Crippen LogP contribution in [0.4, 0.5) is 4.39 Å². The smallest absolute Gasteiger partial charge is 0.243 e. The fourth-order valence-corrected chi connectivity index (χ4v) is 6.34. The van der Waals surface area contributed by atoms with Crippen molar-refractivity contribution in [2.24, 2.45) is 0 Å². The van der Waals surface area contributed by atoms with E-state index in [-0.39, 0.29) is 29.7 Å². The normalized spacial score (nSPS) is 20.1. The summed E-state index contributed by atoms with van der Waals surface area (Å²) in [7, 11) is -3.63. The van der Waals surface area contributed by atoms with E-state index in [0.29, 0.717) is 50.6 Å². The first-order chi connectivity index (χ1) is 16.3. The summed E-state index contributed by atoms with van der Waals surface area (Å²) in [6, 6.07) is 13.4. The number of benzene rings is 2. The van der Waals surface area contributed by atoms with Crippen LogP contribution >= 0.6 is 0 Å². The van der Waals surface area contributed by atoms with Gasteiger partial charge < -0.3 is 9.64 Å². The Labute approximate surface area is 201 Å². The van der Waals surface area contributed by atoms with Crippen LogP contribution in [0.2, 0.25) is 0 Å². The van der Waals surface area contributed by atoms with Crippen molar-refractivity contribution < 1.29 is 22.3 Å². The molecule has 0 spiro atoms. The van der Waals surface area contributed by atoms with E-state index >= 15 is 0 Å². The van der Waals surface area contributed by atoms with Crippen LogP contribution in [-0.4, -0.2) is 62.9 Å². The molecule has 2 saturated heterocycles. The number of hydrogen-bond acceptors (Lipinski definition) is 4. The largest absolute Gasteiger partial charge is 0.381 e. The van der Waals surface area contributed by atoms with E-state index in [1.807, 2.05) is 12.1 Å².